The Bertz CT molecular complexity index is 960. The number of hydrogen-bond donors (Lipinski definition) is 1. The van der Waals surface area contributed by atoms with Crippen molar-refractivity contribution in [1.82, 2.24) is 4.98 Å². The maximum Gasteiger partial charge on any atom is 0.311 e. The molecule has 8 heteroatoms. The van der Waals surface area contributed by atoms with E-state index in [0.29, 0.717) is 28.8 Å². The third-order valence-electron chi connectivity index (χ3n) is 3.75. The average molecular weight is 374 g/mol. The first-order valence-electron chi connectivity index (χ1n) is 8.00. The van der Waals surface area contributed by atoms with E-state index in [4.69, 9.17) is 13.9 Å². The lowest BCUT2D eigenvalue weighted by Gasteiger charge is -2.00. The summed E-state index contributed by atoms with van der Waals surface area (Å²) in [4.78, 5) is 28.3. The number of rotatable bonds is 6. The number of nitrogens with one attached hydrogen (secondary N) is 1. The van der Waals surface area contributed by atoms with Crippen molar-refractivity contribution in [2.45, 2.75) is 20.3 Å². The van der Waals surface area contributed by atoms with Gasteiger partial charge in [0, 0.05) is 16.3 Å². The zero-order valence-corrected chi connectivity index (χ0v) is 15.4. The number of amides is 1. The predicted octanol–water partition coefficient (Wildman–Crippen LogP) is 3.56. The van der Waals surface area contributed by atoms with Crippen molar-refractivity contribution >= 4 is 39.3 Å². The van der Waals surface area contributed by atoms with Crippen molar-refractivity contribution in [2.75, 3.05) is 19.0 Å². The molecule has 0 aliphatic carbocycles. The smallest absolute Gasteiger partial charge is 0.311 e. The van der Waals surface area contributed by atoms with Crippen LogP contribution >= 0.6 is 11.3 Å². The van der Waals surface area contributed by atoms with Gasteiger partial charge >= 0.3 is 5.97 Å². The number of aromatic nitrogens is 1. The van der Waals surface area contributed by atoms with Crippen molar-refractivity contribution in [2.24, 2.45) is 0 Å². The molecular weight excluding hydrogens is 356 g/mol. The number of fused-ring (bicyclic) bond motifs is 1. The van der Waals surface area contributed by atoms with E-state index in [1.807, 2.05) is 13.0 Å². The van der Waals surface area contributed by atoms with Crippen molar-refractivity contribution in [3.63, 3.8) is 0 Å². The molecule has 0 bridgehead atoms. The van der Waals surface area contributed by atoms with Crippen LogP contribution < -0.4 is 10.1 Å². The highest BCUT2D eigenvalue weighted by Crippen LogP contribution is 2.29. The van der Waals surface area contributed by atoms with Gasteiger partial charge in [-0.25, -0.2) is 4.98 Å². The fourth-order valence-corrected chi connectivity index (χ4v) is 3.21. The van der Waals surface area contributed by atoms with Gasteiger partial charge in [0.2, 0.25) is 0 Å². The van der Waals surface area contributed by atoms with Crippen LogP contribution in [0.4, 0.5) is 5.13 Å². The van der Waals surface area contributed by atoms with Gasteiger partial charge in [0.25, 0.3) is 5.91 Å². The number of methoxy groups -OCH3 is 1. The van der Waals surface area contributed by atoms with E-state index in [-0.39, 0.29) is 18.2 Å². The van der Waals surface area contributed by atoms with Crippen LogP contribution in [-0.2, 0) is 16.0 Å². The largest absolute Gasteiger partial charge is 0.497 e. The Hall–Kier alpha value is -2.87. The molecule has 1 N–H and O–H groups in total. The van der Waals surface area contributed by atoms with Crippen molar-refractivity contribution < 1.29 is 23.5 Å². The van der Waals surface area contributed by atoms with Gasteiger partial charge < -0.3 is 13.9 Å². The highest BCUT2D eigenvalue weighted by atomic mass is 32.1. The standard InChI is InChI=1S/C18H18N2O5S/c1-4-24-15(21)7-11-9-26-18(19-11)20-17(22)16-10(2)13-8-12(23-3)5-6-14(13)25-16/h5-6,8-9H,4,7H2,1-3H3,(H,19,20,22). The Morgan fingerprint density at radius 3 is 2.88 bits per heavy atom. The van der Waals surface area contributed by atoms with Crippen LogP contribution in [0.5, 0.6) is 5.75 Å². The molecule has 2 aromatic heterocycles. The van der Waals surface area contributed by atoms with Gasteiger partial charge in [0.15, 0.2) is 10.9 Å². The minimum Gasteiger partial charge on any atom is -0.497 e. The van der Waals surface area contributed by atoms with Gasteiger partial charge in [-0.15, -0.1) is 11.3 Å². The minimum atomic E-state index is -0.394. The van der Waals surface area contributed by atoms with Gasteiger partial charge in [0.05, 0.1) is 25.8 Å². The number of furan rings is 1. The van der Waals surface area contributed by atoms with Gasteiger partial charge in [0.1, 0.15) is 11.3 Å². The summed E-state index contributed by atoms with van der Waals surface area (Å²) in [6.07, 6.45) is 0.0731. The summed E-state index contributed by atoms with van der Waals surface area (Å²) in [7, 11) is 1.58. The Labute approximate surface area is 153 Å². The molecule has 0 unspecified atom stereocenters. The maximum absolute atomic E-state index is 12.5. The summed E-state index contributed by atoms with van der Waals surface area (Å²) in [5, 5.41) is 5.63. The molecule has 26 heavy (non-hydrogen) atoms. The summed E-state index contributed by atoms with van der Waals surface area (Å²) < 4.78 is 15.8. The summed E-state index contributed by atoms with van der Waals surface area (Å²) in [6, 6.07) is 5.36. The minimum absolute atomic E-state index is 0.0731. The molecule has 0 aliphatic rings. The van der Waals surface area contributed by atoms with Crippen LogP contribution in [0.2, 0.25) is 0 Å². The number of ether oxygens (including phenoxy) is 2. The fraction of sp³-hybridized carbons (Fsp3) is 0.278. The molecule has 3 aromatic rings. The number of esters is 1. The van der Waals surface area contributed by atoms with Crippen LogP contribution in [0.1, 0.15) is 28.7 Å². The average Bonchev–Trinajstić information content (AvgIpc) is 3.19. The van der Waals surface area contributed by atoms with E-state index < -0.39 is 5.91 Å². The van der Waals surface area contributed by atoms with Gasteiger partial charge in [-0.2, -0.15) is 0 Å². The first kappa shape index (κ1) is 17.9. The molecule has 7 nitrogen and oxygen atoms in total. The predicted molar refractivity (Wildman–Crippen MR) is 97.9 cm³/mol. The molecule has 2 heterocycles. The van der Waals surface area contributed by atoms with Crippen LogP contribution in [0.15, 0.2) is 28.0 Å². The molecule has 0 saturated carbocycles. The Morgan fingerprint density at radius 2 is 2.15 bits per heavy atom. The SMILES string of the molecule is CCOC(=O)Cc1csc(NC(=O)c2oc3ccc(OC)cc3c2C)n1. The molecule has 0 saturated heterocycles. The molecule has 1 amide bonds. The molecule has 3 rings (SSSR count). The Kier molecular flexibility index (Phi) is 5.22. The Morgan fingerprint density at radius 1 is 1.35 bits per heavy atom. The first-order chi connectivity index (χ1) is 12.5. The molecule has 0 radical (unpaired) electrons. The molecule has 136 valence electrons. The van der Waals surface area contributed by atoms with Crippen LogP contribution in [0.25, 0.3) is 11.0 Å². The van der Waals surface area contributed by atoms with Crippen molar-refractivity contribution in [3.8, 4) is 5.75 Å². The second-order valence-electron chi connectivity index (χ2n) is 5.50. The highest BCUT2D eigenvalue weighted by molar-refractivity contribution is 7.14. The lowest BCUT2D eigenvalue weighted by Crippen LogP contribution is -2.12. The molecule has 0 aliphatic heterocycles. The number of aryl methyl sites for hydroxylation is 1. The van der Waals surface area contributed by atoms with Gasteiger partial charge in [-0.05, 0) is 32.0 Å². The number of thiazole rings is 1. The third kappa shape index (κ3) is 3.70. The fourth-order valence-electron chi connectivity index (χ4n) is 2.50. The molecule has 0 atom stereocenters. The zero-order chi connectivity index (χ0) is 18.7. The van der Waals surface area contributed by atoms with E-state index in [0.717, 1.165) is 10.9 Å². The normalized spacial score (nSPS) is 10.7. The van der Waals surface area contributed by atoms with Crippen LogP contribution in [0, 0.1) is 6.92 Å². The number of carbonyl (C=O) groups is 2. The Balaban J connectivity index is 1.76. The first-order valence-corrected chi connectivity index (χ1v) is 8.88. The molecular formula is C18H18N2O5S. The maximum atomic E-state index is 12.5. The molecule has 1 aromatic carbocycles. The molecule has 0 fully saturated rings. The second kappa shape index (κ2) is 7.57. The topological polar surface area (TPSA) is 90.7 Å². The number of hydrogen-bond acceptors (Lipinski definition) is 7. The number of carbonyl (C=O) groups excluding carboxylic acids is 2. The quantitative estimate of drug-likeness (QED) is 0.664. The van der Waals surface area contributed by atoms with E-state index in [1.165, 1.54) is 11.3 Å². The third-order valence-corrected chi connectivity index (χ3v) is 4.56. The van der Waals surface area contributed by atoms with E-state index in [2.05, 4.69) is 10.3 Å². The van der Waals surface area contributed by atoms with E-state index in [1.54, 1.807) is 31.5 Å². The van der Waals surface area contributed by atoms with Crippen LogP contribution in [0.3, 0.4) is 0 Å². The summed E-state index contributed by atoms with van der Waals surface area (Å²) >= 11 is 1.24. The highest BCUT2D eigenvalue weighted by Gasteiger charge is 2.19. The number of nitrogens with zero attached hydrogens (tertiary/aromatic N) is 1. The van der Waals surface area contributed by atoms with Crippen molar-refractivity contribution in [3.05, 3.63) is 40.6 Å². The van der Waals surface area contributed by atoms with Crippen LogP contribution in [-0.4, -0.2) is 30.6 Å². The zero-order valence-electron chi connectivity index (χ0n) is 14.6. The molecule has 0 spiro atoms. The van der Waals surface area contributed by atoms with Gasteiger partial charge in [-0.1, -0.05) is 0 Å². The summed E-state index contributed by atoms with van der Waals surface area (Å²) in [5.41, 5.74) is 1.88. The lowest BCUT2D eigenvalue weighted by atomic mass is 10.1. The summed E-state index contributed by atoms with van der Waals surface area (Å²) in [5.74, 6) is 0.166. The second-order valence-corrected chi connectivity index (χ2v) is 6.36. The monoisotopic (exact) mass is 374 g/mol. The number of benzene rings is 1. The lowest BCUT2D eigenvalue weighted by molar-refractivity contribution is -0.142. The van der Waals surface area contributed by atoms with E-state index >= 15 is 0 Å². The summed E-state index contributed by atoms with van der Waals surface area (Å²) in [6.45, 7) is 3.88. The number of anilines is 1. The van der Waals surface area contributed by atoms with Crippen molar-refractivity contribution in [1.29, 1.82) is 0 Å². The van der Waals surface area contributed by atoms with E-state index in [9.17, 15) is 9.59 Å². The van der Waals surface area contributed by atoms with Gasteiger partial charge in [-0.3, -0.25) is 14.9 Å².